The quantitative estimate of drug-likeness (QED) is 0.673. The van der Waals surface area contributed by atoms with Crippen molar-refractivity contribution < 1.29 is 4.92 Å². The normalized spacial score (nSPS) is 15.2. The second-order valence-electron chi connectivity index (χ2n) is 4.99. The molecule has 1 aromatic carbocycles. The first-order valence-electron chi connectivity index (χ1n) is 6.50. The monoisotopic (exact) mass is 257 g/mol. The number of hydrogen-bond donors (Lipinski definition) is 1. The highest BCUT2D eigenvalue weighted by Crippen LogP contribution is 2.32. The number of nitro benzene ring substituents is 1. The molecular weight excluding hydrogens is 242 g/mol. The summed E-state index contributed by atoms with van der Waals surface area (Å²) in [4.78, 5) is 14.7. The maximum atomic E-state index is 11.0. The lowest BCUT2D eigenvalue weighted by atomic mass is 9.85. The molecule has 0 radical (unpaired) electrons. The number of benzene rings is 1. The number of non-ortho nitro benzene ring substituents is 1. The number of nitro groups is 1. The Morgan fingerprint density at radius 3 is 2.84 bits per heavy atom. The van der Waals surface area contributed by atoms with Gasteiger partial charge in [0.2, 0.25) is 0 Å². The van der Waals surface area contributed by atoms with Gasteiger partial charge in [-0.2, -0.15) is 0 Å². The Hall–Kier alpha value is -2.17. The Kier molecular flexibility index (Phi) is 3.03. The van der Waals surface area contributed by atoms with Gasteiger partial charge in [-0.15, -0.1) is 0 Å². The maximum Gasteiger partial charge on any atom is 0.277 e. The smallest absolute Gasteiger partial charge is 0.277 e. The highest BCUT2D eigenvalue weighted by molar-refractivity contribution is 5.99. The average Bonchev–Trinajstić information content (AvgIpc) is 2.36. The molecule has 1 N–H and O–H groups in total. The molecule has 1 aliphatic carbocycles. The molecule has 0 atom stereocenters. The summed E-state index contributed by atoms with van der Waals surface area (Å²) >= 11 is 0. The molecule has 1 aliphatic rings. The molecule has 1 saturated carbocycles. The van der Waals surface area contributed by atoms with E-state index in [1.165, 1.54) is 19.3 Å². The van der Waals surface area contributed by atoms with Crippen LogP contribution < -0.4 is 5.32 Å². The van der Waals surface area contributed by atoms with Crippen molar-refractivity contribution in [1.82, 2.24) is 4.98 Å². The van der Waals surface area contributed by atoms with Crippen LogP contribution >= 0.6 is 0 Å². The second kappa shape index (κ2) is 4.84. The predicted octanol–water partition coefficient (Wildman–Crippen LogP) is 3.36. The average molecular weight is 257 g/mol. The lowest BCUT2D eigenvalue weighted by Crippen LogP contribution is -2.20. The van der Waals surface area contributed by atoms with Crippen molar-refractivity contribution in [1.29, 1.82) is 0 Å². The highest BCUT2D eigenvalue weighted by atomic mass is 16.6. The van der Waals surface area contributed by atoms with Gasteiger partial charge >= 0.3 is 0 Å². The van der Waals surface area contributed by atoms with E-state index in [9.17, 15) is 10.1 Å². The first-order chi connectivity index (χ1) is 9.25. The number of pyridine rings is 1. The molecular formula is C14H15N3O2. The molecule has 98 valence electrons. The lowest BCUT2D eigenvalue weighted by Gasteiger charge is -2.26. The summed E-state index contributed by atoms with van der Waals surface area (Å²) in [5.41, 5.74) is 1.06. The van der Waals surface area contributed by atoms with Crippen molar-refractivity contribution in [3.05, 3.63) is 40.7 Å². The maximum absolute atomic E-state index is 11.0. The van der Waals surface area contributed by atoms with Crippen LogP contribution in [0.5, 0.6) is 0 Å². The van der Waals surface area contributed by atoms with Gasteiger partial charge in [-0.3, -0.25) is 15.1 Å². The van der Waals surface area contributed by atoms with Crippen LogP contribution in [0.3, 0.4) is 0 Å². The Balaban J connectivity index is 1.95. The van der Waals surface area contributed by atoms with Gasteiger partial charge < -0.3 is 5.32 Å². The summed E-state index contributed by atoms with van der Waals surface area (Å²) in [6.07, 6.45) is 7.14. The Bertz CT molecular complexity index is 623. The first-order valence-corrected chi connectivity index (χ1v) is 6.50. The van der Waals surface area contributed by atoms with E-state index >= 15 is 0 Å². The molecule has 5 heteroatoms. The summed E-state index contributed by atoms with van der Waals surface area (Å²) in [6, 6.07) is 5.04. The van der Waals surface area contributed by atoms with Gasteiger partial charge in [0.05, 0.1) is 10.3 Å². The molecule has 1 aromatic heterocycles. The lowest BCUT2D eigenvalue weighted by molar-refractivity contribution is -0.383. The van der Waals surface area contributed by atoms with Crippen LogP contribution in [0.25, 0.3) is 10.8 Å². The van der Waals surface area contributed by atoms with Crippen molar-refractivity contribution in [2.75, 3.05) is 11.9 Å². The van der Waals surface area contributed by atoms with Gasteiger partial charge in [0.1, 0.15) is 0 Å². The Morgan fingerprint density at radius 2 is 2.16 bits per heavy atom. The number of hydrogen-bond acceptors (Lipinski definition) is 4. The zero-order chi connectivity index (χ0) is 13.2. The van der Waals surface area contributed by atoms with E-state index in [4.69, 9.17) is 0 Å². The third-order valence-electron chi connectivity index (χ3n) is 3.80. The van der Waals surface area contributed by atoms with Gasteiger partial charge in [-0.05, 0) is 30.9 Å². The van der Waals surface area contributed by atoms with Crippen molar-refractivity contribution in [3.63, 3.8) is 0 Å². The van der Waals surface area contributed by atoms with E-state index in [-0.39, 0.29) is 10.6 Å². The molecule has 0 spiro atoms. The van der Waals surface area contributed by atoms with Gasteiger partial charge in [0.15, 0.2) is 0 Å². The van der Waals surface area contributed by atoms with Crippen LogP contribution in [0.15, 0.2) is 30.6 Å². The number of nitrogens with zero attached hydrogens (tertiary/aromatic N) is 2. The van der Waals surface area contributed by atoms with Gasteiger partial charge in [0, 0.05) is 36.1 Å². The van der Waals surface area contributed by atoms with E-state index in [0.29, 0.717) is 5.39 Å². The molecule has 3 rings (SSSR count). The van der Waals surface area contributed by atoms with E-state index < -0.39 is 0 Å². The third kappa shape index (κ3) is 2.23. The van der Waals surface area contributed by atoms with E-state index in [1.54, 1.807) is 30.6 Å². The van der Waals surface area contributed by atoms with Crippen LogP contribution in [0.2, 0.25) is 0 Å². The summed E-state index contributed by atoms with van der Waals surface area (Å²) in [5, 5.41) is 15.9. The minimum atomic E-state index is -0.349. The highest BCUT2D eigenvalue weighted by Gasteiger charge is 2.18. The number of fused-ring (bicyclic) bond motifs is 1. The molecule has 0 aliphatic heterocycles. The number of nitrogens with one attached hydrogen (secondary N) is 1. The largest absolute Gasteiger partial charge is 0.384 e. The summed E-state index contributed by atoms with van der Waals surface area (Å²) in [6.45, 7) is 0.932. The molecule has 5 nitrogen and oxygen atoms in total. The van der Waals surface area contributed by atoms with E-state index in [2.05, 4.69) is 10.3 Å². The van der Waals surface area contributed by atoms with Crippen molar-refractivity contribution in [2.45, 2.75) is 19.3 Å². The van der Waals surface area contributed by atoms with Gasteiger partial charge in [-0.25, -0.2) is 0 Å². The molecule has 0 amide bonds. The molecule has 1 heterocycles. The number of aromatic nitrogens is 1. The molecule has 0 bridgehead atoms. The van der Waals surface area contributed by atoms with Crippen molar-refractivity contribution >= 4 is 22.1 Å². The predicted molar refractivity (Wildman–Crippen MR) is 74.2 cm³/mol. The number of anilines is 1. The Morgan fingerprint density at radius 1 is 1.32 bits per heavy atom. The molecule has 0 saturated heterocycles. The van der Waals surface area contributed by atoms with Crippen LogP contribution in [0, 0.1) is 16.0 Å². The zero-order valence-electron chi connectivity index (χ0n) is 10.5. The summed E-state index contributed by atoms with van der Waals surface area (Å²) < 4.78 is 0. The standard InChI is InChI=1S/C14H15N3O2/c18-17(19)14-5-4-13(16-8-10-2-1-3-10)12-9-15-7-6-11(12)14/h4-7,9-10,16H,1-3,8H2. The Labute approximate surface area is 110 Å². The minimum absolute atomic E-state index is 0.131. The fraction of sp³-hybridized carbons (Fsp3) is 0.357. The van der Waals surface area contributed by atoms with Gasteiger partial charge in [0.25, 0.3) is 5.69 Å². The molecule has 2 aromatic rings. The summed E-state index contributed by atoms with van der Waals surface area (Å²) in [7, 11) is 0. The fourth-order valence-electron chi connectivity index (χ4n) is 2.44. The van der Waals surface area contributed by atoms with E-state index in [1.807, 2.05) is 0 Å². The van der Waals surface area contributed by atoms with Crippen LogP contribution in [-0.2, 0) is 0 Å². The minimum Gasteiger partial charge on any atom is -0.384 e. The van der Waals surface area contributed by atoms with Gasteiger partial charge in [-0.1, -0.05) is 6.42 Å². The van der Waals surface area contributed by atoms with Crippen LogP contribution in [0.4, 0.5) is 11.4 Å². The molecule has 1 fully saturated rings. The van der Waals surface area contributed by atoms with E-state index in [0.717, 1.165) is 23.5 Å². The summed E-state index contributed by atoms with van der Waals surface area (Å²) in [5.74, 6) is 0.738. The van der Waals surface area contributed by atoms with Crippen molar-refractivity contribution in [3.8, 4) is 0 Å². The topological polar surface area (TPSA) is 68.1 Å². The second-order valence-corrected chi connectivity index (χ2v) is 4.99. The molecule has 0 unspecified atom stereocenters. The molecule has 19 heavy (non-hydrogen) atoms. The number of rotatable bonds is 4. The zero-order valence-corrected chi connectivity index (χ0v) is 10.5. The SMILES string of the molecule is O=[N+]([O-])c1ccc(NCC2CCC2)c2cnccc12. The van der Waals surface area contributed by atoms with Crippen LogP contribution in [-0.4, -0.2) is 16.5 Å². The first kappa shape index (κ1) is 11.9. The fourth-order valence-corrected chi connectivity index (χ4v) is 2.44. The van der Waals surface area contributed by atoms with Crippen molar-refractivity contribution in [2.24, 2.45) is 5.92 Å². The third-order valence-corrected chi connectivity index (χ3v) is 3.80. The van der Waals surface area contributed by atoms with Crippen LogP contribution in [0.1, 0.15) is 19.3 Å².